The zero-order chi connectivity index (χ0) is 17.7. The first-order chi connectivity index (χ1) is 12.0. The van der Waals surface area contributed by atoms with Crippen LogP contribution in [0.5, 0.6) is 0 Å². The molecule has 0 radical (unpaired) electrons. The van der Waals surface area contributed by atoms with E-state index >= 15 is 0 Å². The molecule has 1 N–H and O–H groups in total. The van der Waals surface area contributed by atoms with Gasteiger partial charge in [-0.05, 0) is 31.9 Å². The molecule has 1 aromatic carbocycles. The van der Waals surface area contributed by atoms with Gasteiger partial charge in [0.1, 0.15) is 0 Å². The van der Waals surface area contributed by atoms with Crippen LogP contribution < -0.4 is 4.72 Å². The molecule has 0 spiro atoms. The molecule has 2 fully saturated rings. The third kappa shape index (κ3) is 5.49. The van der Waals surface area contributed by atoms with E-state index in [1.807, 2.05) is 19.1 Å². The number of nitrogens with one attached hydrogen (secondary N) is 1. The van der Waals surface area contributed by atoms with Gasteiger partial charge in [-0.2, -0.15) is 0 Å². The van der Waals surface area contributed by atoms with E-state index in [2.05, 4.69) is 14.5 Å². The molecule has 1 aromatic rings. The monoisotopic (exact) mass is 367 g/mol. The fraction of sp³-hybridized carbons (Fsp3) is 0.667. The third-order valence-electron chi connectivity index (χ3n) is 5.00. The van der Waals surface area contributed by atoms with Gasteiger partial charge in [0.05, 0.1) is 11.0 Å². The molecule has 140 valence electrons. The molecule has 0 amide bonds. The molecular weight excluding hydrogens is 338 g/mol. The van der Waals surface area contributed by atoms with Crippen molar-refractivity contribution in [1.82, 2.24) is 14.5 Å². The Labute approximate surface area is 151 Å². The summed E-state index contributed by atoms with van der Waals surface area (Å²) in [5.74, 6) is 0. The minimum atomic E-state index is -3.41. The lowest BCUT2D eigenvalue weighted by Gasteiger charge is -2.35. The predicted molar refractivity (Wildman–Crippen MR) is 98.2 cm³/mol. The SMILES string of the molecule is Cc1ccc(S(=O)(=O)NCCN2CCN(CC3CCCO3)CC2)cc1. The van der Waals surface area contributed by atoms with Crippen LogP contribution in [0.15, 0.2) is 29.2 Å². The highest BCUT2D eigenvalue weighted by Gasteiger charge is 2.23. The molecule has 2 heterocycles. The largest absolute Gasteiger partial charge is 0.377 e. The van der Waals surface area contributed by atoms with Crippen LogP contribution in [0.1, 0.15) is 18.4 Å². The fourth-order valence-electron chi connectivity index (χ4n) is 3.41. The maximum Gasteiger partial charge on any atom is 0.240 e. The number of hydrogen-bond donors (Lipinski definition) is 1. The Morgan fingerprint density at radius 3 is 2.44 bits per heavy atom. The van der Waals surface area contributed by atoms with Crippen LogP contribution in [0.25, 0.3) is 0 Å². The second kappa shape index (κ2) is 8.60. The number of ether oxygens (including phenoxy) is 1. The van der Waals surface area contributed by atoms with E-state index in [0.29, 0.717) is 17.5 Å². The molecule has 25 heavy (non-hydrogen) atoms. The zero-order valence-electron chi connectivity index (χ0n) is 15.0. The highest BCUT2D eigenvalue weighted by Crippen LogP contribution is 2.14. The van der Waals surface area contributed by atoms with Crippen molar-refractivity contribution in [3.63, 3.8) is 0 Å². The minimum Gasteiger partial charge on any atom is -0.377 e. The lowest BCUT2D eigenvalue weighted by Crippen LogP contribution is -2.50. The van der Waals surface area contributed by atoms with Crippen LogP contribution >= 0.6 is 0 Å². The van der Waals surface area contributed by atoms with Crippen LogP contribution in [-0.4, -0.2) is 76.7 Å². The predicted octanol–water partition coefficient (Wildman–Crippen LogP) is 1.07. The molecule has 2 aliphatic rings. The Hall–Kier alpha value is -0.990. The molecule has 0 aromatic heterocycles. The Bertz CT molecular complexity index is 634. The summed E-state index contributed by atoms with van der Waals surface area (Å²) in [4.78, 5) is 5.12. The summed E-state index contributed by atoms with van der Waals surface area (Å²) in [5.41, 5.74) is 1.06. The highest BCUT2D eigenvalue weighted by molar-refractivity contribution is 7.89. The summed E-state index contributed by atoms with van der Waals surface area (Å²) < 4.78 is 33.0. The zero-order valence-corrected chi connectivity index (χ0v) is 15.8. The number of benzene rings is 1. The first kappa shape index (κ1) is 18.8. The summed E-state index contributed by atoms with van der Waals surface area (Å²) in [6.07, 6.45) is 2.78. The summed E-state index contributed by atoms with van der Waals surface area (Å²) in [6, 6.07) is 6.95. The quantitative estimate of drug-likeness (QED) is 0.781. The van der Waals surface area contributed by atoms with E-state index in [-0.39, 0.29) is 0 Å². The van der Waals surface area contributed by atoms with Crippen LogP contribution in [0.2, 0.25) is 0 Å². The summed E-state index contributed by atoms with van der Waals surface area (Å²) in [6.45, 7) is 9.12. The minimum absolute atomic E-state index is 0.333. The van der Waals surface area contributed by atoms with Crippen LogP contribution in [-0.2, 0) is 14.8 Å². The molecular formula is C18H29N3O3S. The van der Waals surface area contributed by atoms with Crippen molar-refractivity contribution < 1.29 is 13.2 Å². The first-order valence-corrected chi connectivity index (χ1v) is 10.6. The number of piperazine rings is 1. The lowest BCUT2D eigenvalue weighted by molar-refractivity contribution is 0.0509. The van der Waals surface area contributed by atoms with E-state index < -0.39 is 10.0 Å². The first-order valence-electron chi connectivity index (χ1n) is 9.15. The molecule has 2 saturated heterocycles. The van der Waals surface area contributed by atoms with Crippen molar-refractivity contribution in [2.45, 2.75) is 30.8 Å². The Morgan fingerprint density at radius 1 is 1.12 bits per heavy atom. The fourth-order valence-corrected chi connectivity index (χ4v) is 4.43. The summed E-state index contributed by atoms with van der Waals surface area (Å²) in [5, 5.41) is 0. The van der Waals surface area contributed by atoms with Crippen molar-refractivity contribution >= 4 is 10.0 Å². The maximum atomic E-state index is 12.3. The number of hydrogen-bond acceptors (Lipinski definition) is 5. The Kier molecular flexibility index (Phi) is 6.46. The van der Waals surface area contributed by atoms with Crippen LogP contribution in [0, 0.1) is 6.92 Å². The van der Waals surface area contributed by atoms with Gasteiger partial charge in [-0.3, -0.25) is 9.80 Å². The standard InChI is InChI=1S/C18H29N3O3S/c1-16-4-6-18(7-5-16)25(22,23)19-8-9-20-10-12-21(13-11-20)15-17-3-2-14-24-17/h4-7,17,19H,2-3,8-15H2,1H3. The maximum absolute atomic E-state index is 12.3. The molecule has 0 saturated carbocycles. The molecule has 6 nitrogen and oxygen atoms in total. The van der Waals surface area contributed by atoms with Gasteiger partial charge in [-0.1, -0.05) is 17.7 Å². The van der Waals surface area contributed by atoms with Crippen molar-refractivity contribution in [2.75, 3.05) is 52.4 Å². The average Bonchev–Trinajstić information content (AvgIpc) is 3.10. The van der Waals surface area contributed by atoms with Gasteiger partial charge >= 0.3 is 0 Å². The second-order valence-electron chi connectivity index (χ2n) is 6.99. The Morgan fingerprint density at radius 2 is 1.80 bits per heavy atom. The molecule has 3 rings (SSSR count). The lowest BCUT2D eigenvalue weighted by atomic mass is 10.2. The van der Waals surface area contributed by atoms with Gasteiger partial charge in [-0.15, -0.1) is 0 Å². The van der Waals surface area contributed by atoms with E-state index in [4.69, 9.17) is 4.74 Å². The molecule has 1 atom stereocenters. The summed E-state index contributed by atoms with van der Waals surface area (Å²) >= 11 is 0. The topological polar surface area (TPSA) is 61.9 Å². The van der Waals surface area contributed by atoms with E-state index in [1.54, 1.807) is 12.1 Å². The van der Waals surface area contributed by atoms with E-state index in [9.17, 15) is 8.42 Å². The third-order valence-corrected chi connectivity index (χ3v) is 6.48. The molecule has 2 aliphatic heterocycles. The number of sulfonamides is 1. The molecule has 0 bridgehead atoms. The summed E-state index contributed by atoms with van der Waals surface area (Å²) in [7, 11) is -3.41. The normalized spacial score (nSPS) is 23.2. The smallest absolute Gasteiger partial charge is 0.240 e. The van der Waals surface area contributed by atoms with Crippen molar-refractivity contribution in [3.05, 3.63) is 29.8 Å². The average molecular weight is 368 g/mol. The number of rotatable bonds is 7. The number of nitrogens with zero attached hydrogens (tertiary/aromatic N) is 2. The Balaban J connectivity index is 1.37. The van der Waals surface area contributed by atoms with Gasteiger partial charge in [0, 0.05) is 52.4 Å². The number of aryl methyl sites for hydroxylation is 1. The van der Waals surface area contributed by atoms with Gasteiger partial charge < -0.3 is 4.74 Å². The van der Waals surface area contributed by atoms with E-state index in [1.165, 1.54) is 12.8 Å². The van der Waals surface area contributed by atoms with E-state index in [0.717, 1.165) is 51.4 Å². The highest BCUT2D eigenvalue weighted by atomic mass is 32.2. The van der Waals surface area contributed by atoms with Gasteiger partial charge in [-0.25, -0.2) is 13.1 Å². The second-order valence-corrected chi connectivity index (χ2v) is 8.76. The van der Waals surface area contributed by atoms with Gasteiger partial charge in [0.2, 0.25) is 10.0 Å². The molecule has 1 unspecified atom stereocenters. The van der Waals surface area contributed by atoms with Crippen molar-refractivity contribution in [3.8, 4) is 0 Å². The van der Waals surface area contributed by atoms with Crippen molar-refractivity contribution in [2.24, 2.45) is 0 Å². The van der Waals surface area contributed by atoms with Crippen LogP contribution in [0.3, 0.4) is 0 Å². The van der Waals surface area contributed by atoms with Gasteiger partial charge in [0.25, 0.3) is 0 Å². The van der Waals surface area contributed by atoms with Crippen LogP contribution in [0.4, 0.5) is 0 Å². The van der Waals surface area contributed by atoms with Gasteiger partial charge in [0.15, 0.2) is 0 Å². The molecule has 7 heteroatoms. The molecule has 0 aliphatic carbocycles. The van der Waals surface area contributed by atoms with Crippen molar-refractivity contribution in [1.29, 1.82) is 0 Å².